The Morgan fingerprint density at radius 1 is 0.903 bits per heavy atom. The second-order valence-corrected chi connectivity index (χ2v) is 10.3. The highest BCUT2D eigenvalue weighted by Gasteiger charge is 2.68. The van der Waals surface area contributed by atoms with Crippen molar-refractivity contribution in [2.75, 3.05) is 0 Å². The lowest BCUT2D eigenvalue weighted by Gasteiger charge is -2.35. The minimum Gasteiger partial charge on any atom is -0.328 e. The summed E-state index contributed by atoms with van der Waals surface area (Å²) in [5, 5.41) is 0. The fourth-order valence-electron chi connectivity index (χ4n) is 4.13. The molecule has 1 aliphatic rings. The van der Waals surface area contributed by atoms with Crippen molar-refractivity contribution in [3.05, 3.63) is 65.7 Å². The Bertz CT molecular complexity index is 1020. The molecule has 1 aliphatic carbocycles. The van der Waals surface area contributed by atoms with Crippen LogP contribution in [0.2, 0.25) is 0 Å². The van der Waals surface area contributed by atoms with Gasteiger partial charge in [0.15, 0.2) is 15.3 Å². The van der Waals surface area contributed by atoms with Gasteiger partial charge in [0.1, 0.15) is 4.75 Å². The normalized spacial score (nSPS) is 23.2. The van der Waals surface area contributed by atoms with Crippen LogP contribution >= 0.6 is 0 Å². The second kappa shape index (κ2) is 7.51. The van der Waals surface area contributed by atoms with Gasteiger partial charge >= 0.3 is 12.4 Å². The van der Waals surface area contributed by atoms with Gasteiger partial charge in [0.05, 0.1) is 4.90 Å². The zero-order chi connectivity index (χ0) is 23.3. The molecular formula is C21H21F6NO2S. The number of alkyl halides is 6. The van der Waals surface area contributed by atoms with Gasteiger partial charge in [-0.2, -0.15) is 26.3 Å². The lowest BCUT2D eigenvalue weighted by molar-refractivity contribution is -0.297. The first-order chi connectivity index (χ1) is 14.2. The smallest absolute Gasteiger partial charge is 0.328 e. The molecule has 1 saturated carbocycles. The summed E-state index contributed by atoms with van der Waals surface area (Å²) < 4.78 is 106. The number of hydrogen-bond donors (Lipinski definition) is 1. The van der Waals surface area contributed by atoms with Crippen LogP contribution in [0.25, 0.3) is 0 Å². The van der Waals surface area contributed by atoms with Crippen LogP contribution in [0, 0.1) is 0 Å². The fraction of sp³-hybridized carbons (Fsp3) is 0.429. The van der Waals surface area contributed by atoms with Crippen molar-refractivity contribution >= 4 is 9.84 Å². The number of nitrogens with two attached hydrogens (primary N) is 1. The zero-order valence-corrected chi connectivity index (χ0v) is 17.3. The van der Waals surface area contributed by atoms with Crippen LogP contribution in [0.5, 0.6) is 0 Å². The maximum Gasteiger partial charge on any atom is 0.406 e. The minimum absolute atomic E-state index is 0.0133. The Morgan fingerprint density at radius 3 is 1.84 bits per heavy atom. The maximum atomic E-state index is 13.5. The molecule has 0 spiro atoms. The molecule has 170 valence electrons. The lowest BCUT2D eigenvalue weighted by Crippen LogP contribution is -2.51. The largest absolute Gasteiger partial charge is 0.406 e. The van der Waals surface area contributed by atoms with E-state index in [0.29, 0.717) is 18.6 Å². The summed E-state index contributed by atoms with van der Waals surface area (Å²) in [6, 6.07) is 10.6. The summed E-state index contributed by atoms with van der Waals surface area (Å²) in [6.07, 6.45) is -10.7. The molecule has 0 amide bonds. The van der Waals surface area contributed by atoms with Gasteiger partial charge in [-0.15, -0.1) is 0 Å². The predicted octanol–water partition coefficient (Wildman–Crippen LogP) is 5.25. The van der Waals surface area contributed by atoms with E-state index in [1.165, 1.54) is 24.3 Å². The van der Waals surface area contributed by atoms with Gasteiger partial charge in [-0.3, -0.25) is 0 Å². The number of benzene rings is 2. The van der Waals surface area contributed by atoms with Gasteiger partial charge in [-0.25, -0.2) is 8.42 Å². The van der Waals surface area contributed by atoms with Crippen LogP contribution in [0.3, 0.4) is 0 Å². The van der Waals surface area contributed by atoms with E-state index in [9.17, 15) is 34.8 Å². The standard InChI is InChI=1S/C21H21F6NO2S/c1-18(20(22,23)24,21(25,26)27)14-7-9-15(10-8-14)19(12-11-16(28)13-19)31(29,30)17-5-3-2-4-6-17/h2-10,16H,11-13,28H2,1H3. The van der Waals surface area contributed by atoms with Gasteiger partial charge < -0.3 is 5.73 Å². The molecule has 3 nitrogen and oxygen atoms in total. The first-order valence-electron chi connectivity index (χ1n) is 9.46. The molecule has 0 saturated heterocycles. The molecule has 10 heteroatoms. The Hall–Kier alpha value is -2.07. The summed E-state index contributed by atoms with van der Waals surface area (Å²) in [7, 11) is -4.02. The van der Waals surface area contributed by atoms with Crippen molar-refractivity contribution in [3.8, 4) is 0 Å². The van der Waals surface area contributed by atoms with Crippen LogP contribution in [0.1, 0.15) is 37.3 Å². The van der Waals surface area contributed by atoms with Crippen molar-refractivity contribution in [1.82, 2.24) is 0 Å². The first-order valence-corrected chi connectivity index (χ1v) is 10.9. The molecule has 2 N–H and O–H groups in total. The summed E-state index contributed by atoms with van der Waals surface area (Å²) in [5.74, 6) is 0. The maximum absolute atomic E-state index is 13.5. The molecule has 0 radical (unpaired) electrons. The molecule has 0 bridgehead atoms. The summed E-state index contributed by atoms with van der Waals surface area (Å²) >= 11 is 0. The van der Waals surface area contributed by atoms with Gasteiger partial charge in [0.2, 0.25) is 0 Å². The Kier molecular flexibility index (Phi) is 5.72. The van der Waals surface area contributed by atoms with E-state index in [2.05, 4.69) is 0 Å². The van der Waals surface area contributed by atoms with Crippen LogP contribution in [0.4, 0.5) is 26.3 Å². The van der Waals surface area contributed by atoms with Crippen molar-refractivity contribution in [1.29, 1.82) is 0 Å². The number of halogens is 6. The average molecular weight is 465 g/mol. The lowest BCUT2D eigenvalue weighted by atomic mass is 9.80. The quantitative estimate of drug-likeness (QED) is 0.628. The van der Waals surface area contributed by atoms with E-state index < -0.39 is 44.0 Å². The van der Waals surface area contributed by atoms with Crippen LogP contribution in [-0.2, 0) is 20.0 Å². The van der Waals surface area contributed by atoms with Crippen molar-refractivity contribution < 1.29 is 34.8 Å². The van der Waals surface area contributed by atoms with Crippen molar-refractivity contribution in [3.63, 3.8) is 0 Å². The van der Waals surface area contributed by atoms with Crippen LogP contribution < -0.4 is 5.73 Å². The third-order valence-corrected chi connectivity index (χ3v) is 8.73. The SMILES string of the molecule is CC(c1ccc(C2(S(=O)(=O)c3ccccc3)CCC(N)C2)cc1)(C(F)(F)F)C(F)(F)F. The minimum atomic E-state index is -5.59. The van der Waals surface area contributed by atoms with Crippen molar-refractivity contribution in [2.45, 2.75) is 59.6 Å². The third kappa shape index (κ3) is 3.63. The van der Waals surface area contributed by atoms with Crippen LogP contribution in [0.15, 0.2) is 59.5 Å². The summed E-state index contributed by atoms with van der Waals surface area (Å²) in [5.41, 5.74) is 1.00. The molecule has 3 rings (SSSR count). The van der Waals surface area contributed by atoms with E-state index in [0.717, 1.165) is 12.1 Å². The number of rotatable bonds is 4. The number of hydrogen-bond acceptors (Lipinski definition) is 3. The van der Waals surface area contributed by atoms with Gasteiger partial charge in [0, 0.05) is 6.04 Å². The number of sulfone groups is 1. The molecule has 1 fully saturated rings. The molecule has 2 aromatic rings. The molecule has 0 aromatic heterocycles. The van der Waals surface area contributed by atoms with Gasteiger partial charge in [0.25, 0.3) is 0 Å². The highest BCUT2D eigenvalue weighted by molar-refractivity contribution is 7.92. The second-order valence-electron chi connectivity index (χ2n) is 8.01. The first kappa shape index (κ1) is 23.6. The van der Waals surface area contributed by atoms with E-state index >= 15 is 0 Å². The molecule has 2 atom stereocenters. The fourth-order valence-corrected chi connectivity index (χ4v) is 6.36. The molecule has 2 unspecified atom stereocenters. The third-order valence-electron chi connectivity index (χ3n) is 6.20. The van der Waals surface area contributed by atoms with Gasteiger partial charge in [-0.1, -0.05) is 42.5 Å². The summed E-state index contributed by atoms with van der Waals surface area (Å²) in [4.78, 5) is 0.0172. The Labute approximate surface area is 176 Å². The molecule has 2 aromatic carbocycles. The van der Waals surface area contributed by atoms with E-state index in [-0.39, 0.29) is 30.2 Å². The highest BCUT2D eigenvalue weighted by Crippen LogP contribution is 2.53. The van der Waals surface area contributed by atoms with Crippen molar-refractivity contribution in [2.24, 2.45) is 5.73 Å². The van der Waals surface area contributed by atoms with E-state index in [1.807, 2.05) is 0 Å². The highest BCUT2D eigenvalue weighted by atomic mass is 32.2. The van der Waals surface area contributed by atoms with E-state index in [4.69, 9.17) is 5.73 Å². The molecular weight excluding hydrogens is 444 g/mol. The van der Waals surface area contributed by atoms with Crippen LogP contribution in [-0.4, -0.2) is 26.8 Å². The topological polar surface area (TPSA) is 60.2 Å². The molecule has 0 heterocycles. The monoisotopic (exact) mass is 465 g/mol. The van der Waals surface area contributed by atoms with Gasteiger partial charge in [-0.05, 0) is 49.4 Å². The zero-order valence-electron chi connectivity index (χ0n) is 16.5. The average Bonchev–Trinajstić information content (AvgIpc) is 3.10. The Morgan fingerprint density at radius 2 is 1.42 bits per heavy atom. The Balaban J connectivity index is 2.15. The predicted molar refractivity (Wildman–Crippen MR) is 103 cm³/mol. The summed E-state index contributed by atoms with van der Waals surface area (Å²) in [6.45, 7) is 0.0734. The molecule has 0 aliphatic heterocycles. The molecule has 31 heavy (non-hydrogen) atoms. The van der Waals surface area contributed by atoms with E-state index in [1.54, 1.807) is 6.07 Å².